The number of hydrogen-bond acceptors (Lipinski definition) is 6. The van der Waals surface area contributed by atoms with Gasteiger partial charge in [-0.05, 0) is 35.2 Å². The number of piperidine rings is 1. The van der Waals surface area contributed by atoms with Gasteiger partial charge in [0.25, 0.3) is 5.91 Å². The van der Waals surface area contributed by atoms with Gasteiger partial charge in [-0.3, -0.25) is 4.79 Å². The monoisotopic (exact) mass is 474 g/mol. The summed E-state index contributed by atoms with van der Waals surface area (Å²) in [5, 5.41) is 0.786. The number of aromatic nitrogens is 1. The number of rotatable bonds is 4. The molecule has 35 heavy (non-hydrogen) atoms. The summed E-state index contributed by atoms with van der Waals surface area (Å²) < 4.78 is 17.0. The molecule has 2 aliphatic rings. The van der Waals surface area contributed by atoms with Crippen molar-refractivity contribution in [3.05, 3.63) is 64.8 Å². The van der Waals surface area contributed by atoms with Gasteiger partial charge in [0.2, 0.25) is 0 Å². The SMILES string of the molecule is COc1cc(C(=O)N2CCC3(CC2)Cc2ccc(C(C)C)cc2C(=O)O3)nc2c(OC)cccc12. The Balaban J connectivity index is 1.36. The third kappa shape index (κ3) is 4.09. The van der Waals surface area contributed by atoms with Crippen LogP contribution in [-0.2, 0) is 11.2 Å². The number of likely N-dealkylation sites (tertiary alicyclic amines) is 1. The first kappa shape index (κ1) is 23.1. The van der Waals surface area contributed by atoms with E-state index in [-0.39, 0.29) is 11.9 Å². The maximum absolute atomic E-state index is 13.4. The van der Waals surface area contributed by atoms with Crippen LogP contribution in [0.3, 0.4) is 0 Å². The number of fused-ring (bicyclic) bond motifs is 2. The summed E-state index contributed by atoms with van der Waals surface area (Å²) in [6, 6.07) is 13.4. The van der Waals surface area contributed by atoms with E-state index in [1.807, 2.05) is 24.3 Å². The summed E-state index contributed by atoms with van der Waals surface area (Å²) in [6.45, 7) is 5.19. The highest BCUT2D eigenvalue weighted by Gasteiger charge is 2.43. The third-order valence-electron chi connectivity index (χ3n) is 7.23. The van der Waals surface area contributed by atoms with Gasteiger partial charge in [0.15, 0.2) is 0 Å². The third-order valence-corrected chi connectivity index (χ3v) is 7.23. The average molecular weight is 475 g/mol. The number of nitrogens with zero attached hydrogens (tertiary/aromatic N) is 2. The Morgan fingerprint density at radius 1 is 1.06 bits per heavy atom. The molecule has 0 bridgehead atoms. The van der Waals surface area contributed by atoms with E-state index in [1.54, 1.807) is 25.2 Å². The normalized spacial score (nSPS) is 16.8. The molecule has 1 fully saturated rings. The molecule has 0 aliphatic carbocycles. The zero-order valence-electron chi connectivity index (χ0n) is 20.6. The van der Waals surface area contributed by atoms with Crippen molar-refractivity contribution in [2.75, 3.05) is 27.3 Å². The molecule has 5 rings (SSSR count). The van der Waals surface area contributed by atoms with E-state index in [4.69, 9.17) is 14.2 Å². The zero-order chi connectivity index (χ0) is 24.7. The van der Waals surface area contributed by atoms with Gasteiger partial charge in [0.05, 0.1) is 19.8 Å². The molecular formula is C28H30N2O5. The van der Waals surface area contributed by atoms with Crippen LogP contribution in [0.15, 0.2) is 42.5 Å². The van der Waals surface area contributed by atoms with E-state index in [0.29, 0.717) is 66.5 Å². The molecule has 1 aromatic heterocycles. The first-order chi connectivity index (χ1) is 16.8. The van der Waals surface area contributed by atoms with Crippen LogP contribution in [0.2, 0.25) is 0 Å². The molecule has 1 spiro atoms. The van der Waals surface area contributed by atoms with Crippen molar-refractivity contribution >= 4 is 22.8 Å². The topological polar surface area (TPSA) is 78.0 Å². The fourth-order valence-electron chi connectivity index (χ4n) is 5.12. The molecule has 1 amide bonds. The molecule has 0 saturated carbocycles. The Labute approximate surface area is 205 Å². The second-order valence-electron chi connectivity index (χ2n) is 9.68. The van der Waals surface area contributed by atoms with E-state index >= 15 is 0 Å². The Bertz CT molecular complexity index is 1310. The Kier molecular flexibility index (Phi) is 5.87. The summed E-state index contributed by atoms with van der Waals surface area (Å²) in [4.78, 5) is 32.7. The average Bonchev–Trinajstić information content (AvgIpc) is 2.87. The lowest BCUT2D eigenvalue weighted by Crippen LogP contribution is -2.52. The second-order valence-corrected chi connectivity index (χ2v) is 9.68. The summed E-state index contributed by atoms with van der Waals surface area (Å²) >= 11 is 0. The summed E-state index contributed by atoms with van der Waals surface area (Å²) in [6.07, 6.45) is 1.85. The van der Waals surface area contributed by atoms with Crippen molar-refractivity contribution in [1.29, 1.82) is 0 Å². The van der Waals surface area contributed by atoms with Crippen LogP contribution < -0.4 is 9.47 Å². The van der Waals surface area contributed by atoms with E-state index in [1.165, 1.54) is 0 Å². The van der Waals surface area contributed by atoms with E-state index in [2.05, 4.69) is 31.0 Å². The number of para-hydroxylation sites is 1. The minimum Gasteiger partial charge on any atom is -0.496 e. The molecule has 0 N–H and O–H groups in total. The fourth-order valence-corrected chi connectivity index (χ4v) is 5.12. The highest BCUT2D eigenvalue weighted by atomic mass is 16.6. The molecule has 182 valence electrons. The van der Waals surface area contributed by atoms with Gasteiger partial charge in [-0.15, -0.1) is 0 Å². The maximum atomic E-state index is 13.4. The van der Waals surface area contributed by atoms with Crippen LogP contribution in [0.4, 0.5) is 0 Å². The highest BCUT2D eigenvalue weighted by molar-refractivity contribution is 5.98. The number of hydrogen-bond donors (Lipinski definition) is 0. The van der Waals surface area contributed by atoms with Gasteiger partial charge >= 0.3 is 5.97 Å². The lowest BCUT2D eigenvalue weighted by atomic mass is 9.80. The van der Waals surface area contributed by atoms with Gasteiger partial charge in [-0.25, -0.2) is 9.78 Å². The lowest BCUT2D eigenvalue weighted by Gasteiger charge is -2.43. The largest absolute Gasteiger partial charge is 0.496 e. The molecule has 2 aliphatic heterocycles. The van der Waals surface area contributed by atoms with E-state index in [9.17, 15) is 9.59 Å². The van der Waals surface area contributed by atoms with Crippen molar-refractivity contribution in [2.45, 2.75) is 44.6 Å². The predicted molar refractivity (Wildman–Crippen MR) is 132 cm³/mol. The van der Waals surface area contributed by atoms with Crippen LogP contribution in [0.1, 0.15) is 64.6 Å². The van der Waals surface area contributed by atoms with Crippen LogP contribution >= 0.6 is 0 Å². The summed E-state index contributed by atoms with van der Waals surface area (Å²) in [5.74, 6) is 1.07. The molecule has 2 aromatic carbocycles. The first-order valence-corrected chi connectivity index (χ1v) is 12.0. The van der Waals surface area contributed by atoms with Crippen molar-refractivity contribution in [2.24, 2.45) is 0 Å². The quantitative estimate of drug-likeness (QED) is 0.507. The van der Waals surface area contributed by atoms with Gasteiger partial charge in [0, 0.05) is 43.8 Å². The Hall–Kier alpha value is -3.61. The number of carbonyl (C=O) groups excluding carboxylic acids is 2. The molecule has 0 atom stereocenters. The van der Waals surface area contributed by atoms with Crippen molar-refractivity contribution < 1.29 is 23.8 Å². The van der Waals surface area contributed by atoms with Crippen molar-refractivity contribution in [3.8, 4) is 11.5 Å². The smallest absolute Gasteiger partial charge is 0.338 e. The minimum absolute atomic E-state index is 0.171. The van der Waals surface area contributed by atoms with E-state index < -0.39 is 5.60 Å². The van der Waals surface area contributed by atoms with Crippen LogP contribution in [0.25, 0.3) is 10.9 Å². The second kappa shape index (κ2) is 8.87. The number of pyridine rings is 1. The van der Waals surface area contributed by atoms with Gasteiger partial charge in [-0.2, -0.15) is 0 Å². The van der Waals surface area contributed by atoms with Gasteiger partial charge in [0.1, 0.15) is 28.3 Å². The lowest BCUT2D eigenvalue weighted by molar-refractivity contribution is -0.0527. The molecule has 0 radical (unpaired) electrons. The molecule has 0 unspecified atom stereocenters. The van der Waals surface area contributed by atoms with Crippen molar-refractivity contribution in [3.63, 3.8) is 0 Å². The van der Waals surface area contributed by atoms with E-state index in [0.717, 1.165) is 16.5 Å². The van der Waals surface area contributed by atoms with Gasteiger partial charge < -0.3 is 19.1 Å². The molecule has 1 saturated heterocycles. The zero-order valence-corrected chi connectivity index (χ0v) is 20.6. The highest BCUT2D eigenvalue weighted by Crippen LogP contribution is 2.38. The van der Waals surface area contributed by atoms with Crippen LogP contribution in [0, 0.1) is 0 Å². The number of ether oxygens (including phenoxy) is 3. The first-order valence-electron chi connectivity index (χ1n) is 12.0. The molecular weight excluding hydrogens is 444 g/mol. The summed E-state index contributed by atoms with van der Waals surface area (Å²) in [5.41, 5.74) is 3.15. The number of carbonyl (C=O) groups is 2. The summed E-state index contributed by atoms with van der Waals surface area (Å²) in [7, 11) is 3.15. The molecule has 7 nitrogen and oxygen atoms in total. The standard InChI is InChI=1S/C28H30N2O5/c1-17(2)18-8-9-19-16-28(35-27(32)21(19)14-18)10-12-30(13-11-28)26(31)22-15-24(34-4)20-6-5-7-23(33-3)25(20)29-22/h5-9,14-15,17H,10-13,16H2,1-4H3. The Morgan fingerprint density at radius 2 is 1.80 bits per heavy atom. The maximum Gasteiger partial charge on any atom is 0.338 e. The number of esters is 1. The fraction of sp³-hybridized carbons (Fsp3) is 0.393. The van der Waals surface area contributed by atoms with Crippen molar-refractivity contribution in [1.82, 2.24) is 9.88 Å². The number of amides is 1. The molecule has 7 heteroatoms. The predicted octanol–water partition coefficient (Wildman–Crippen LogP) is 4.76. The number of benzene rings is 2. The van der Waals surface area contributed by atoms with Gasteiger partial charge in [-0.1, -0.05) is 32.0 Å². The number of methoxy groups -OCH3 is 2. The Morgan fingerprint density at radius 3 is 2.49 bits per heavy atom. The minimum atomic E-state index is -0.571. The molecule has 3 aromatic rings. The van der Waals surface area contributed by atoms with Crippen LogP contribution in [0.5, 0.6) is 11.5 Å². The van der Waals surface area contributed by atoms with Crippen LogP contribution in [-0.4, -0.2) is 54.7 Å². The molecule has 3 heterocycles.